The van der Waals surface area contributed by atoms with Gasteiger partial charge in [-0.1, -0.05) is 30.1 Å². The van der Waals surface area contributed by atoms with E-state index in [1.165, 1.54) is 24.7 Å². The first-order valence-electron chi connectivity index (χ1n) is 6.90. The number of nitrogens with one attached hydrogen (secondary N) is 1. The van der Waals surface area contributed by atoms with Crippen LogP contribution >= 0.6 is 23.2 Å². The van der Waals surface area contributed by atoms with Crippen LogP contribution in [0, 0.1) is 0 Å². The molecule has 0 aromatic carbocycles. The minimum atomic E-state index is -0.534. The molecule has 3 aromatic rings. The minimum Gasteiger partial charge on any atom is -0.423 e. The Morgan fingerprint density at radius 2 is 2.00 bits per heavy atom. The van der Waals surface area contributed by atoms with E-state index in [2.05, 4.69) is 19.9 Å². The molecule has 0 atom stereocenters. The molecule has 122 valence electrons. The molecule has 3 aromatic heterocycles. The summed E-state index contributed by atoms with van der Waals surface area (Å²) >= 11 is 12.0. The lowest BCUT2D eigenvalue weighted by molar-refractivity contribution is -0.133. The molecule has 0 aliphatic carbocycles. The molecule has 0 bridgehead atoms. The lowest BCUT2D eigenvalue weighted by Crippen LogP contribution is -2.16. The number of esters is 1. The lowest BCUT2D eigenvalue weighted by Gasteiger charge is -2.12. The van der Waals surface area contributed by atoms with Crippen LogP contribution < -0.4 is 10.3 Å². The number of pyridine rings is 2. The molecule has 7 nitrogen and oxygen atoms in total. The molecule has 3 rings (SSSR count). The van der Waals surface area contributed by atoms with Crippen LogP contribution in [0.3, 0.4) is 0 Å². The Kier molecular flexibility index (Phi) is 4.46. The third-order valence-electron chi connectivity index (χ3n) is 3.19. The Bertz CT molecular complexity index is 1000. The van der Waals surface area contributed by atoms with Gasteiger partial charge in [0.05, 0.1) is 10.6 Å². The molecule has 0 radical (unpaired) electrons. The molecule has 0 aliphatic heterocycles. The smallest absolute Gasteiger partial charge is 0.310 e. The number of aromatic amines is 1. The number of hydrogen-bond acceptors (Lipinski definition) is 6. The number of hydrogen-bond donors (Lipinski definition) is 1. The highest BCUT2D eigenvalue weighted by molar-refractivity contribution is 6.36. The Hall–Kier alpha value is -2.51. The van der Waals surface area contributed by atoms with Gasteiger partial charge in [0.25, 0.3) is 5.56 Å². The van der Waals surface area contributed by atoms with Crippen molar-refractivity contribution in [2.24, 2.45) is 0 Å². The lowest BCUT2D eigenvalue weighted by atomic mass is 10.1. The van der Waals surface area contributed by atoms with Gasteiger partial charge < -0.3 is 9.72 Å². The number of halogens is 2. The highest BCUT2D eigenvalue weighted by Gasteiger charge is 2.22. The molecular weight excluding hydrogens is 355 g/mol. The molecule has 0 aliphatic rings. The molecule has 9 heteroatoms. The highest BCUT2D eigenvalue weighted by atomic mass is 35.5. The van der Waals surface area contributed by atoms with Gasteiger partial charge in [-0.3, -0.25) is 9.59 Å². The summed E-state index contributed by atoms with van der Waals surface area (Å²) in [6, 6.07) is 1.39. The largest absolute Gasteiger partial charge is 0.423 e. The zero-order chi connectivity index (χ0) is 17.3. The summed E-state index contributed by atoms with van der Waals surface area (Å²) in [7, 11) is 0. The predicted molar refractivity (Wildman–Crippen MR) is 89.3 cm³/mol. The number of fused-ring (bicyclic) bond motifs is 1. The Labute approximate surface area is 145 Å². The van der Waals surface area contributed by atoms with Crippen molar-refractivity contribution in [3.63, 3.8) is 0 Å². The van der Waals surface area contributed by atoms with Crippen LogP contribution in [0.5, 0.6) is 5.75 Å². The maximum atomic E-state index is 12.5. The summed E-state index contributed by atoms with van der Waals surface area (Å²) in [5, 5.41) is 0.366. The van der Waals surface area contributed by atoms with Crippen LogP contribution in [0.25, 0.3) is 22.3 Å². The van der Waals surface area contributed by atoms with E-state index in [9.17, 15) is 9.59 Å². The van der Waals surface area contributed by atoms with Gasteiger partial charge in [0, 0.05) is 30.6 Å². The Morgan fingerprint density at radius 1 is 1.25 bits per heavy atom. The van der Waals surface area contributed by atoms with Gasteiger partial charge in [0.1, 0.15) is 10.7 Å². The number of nitrogens with zero attached hydrogens (tertiary/aromatic N) is 3. The van der Waals surface area contributed by atoms with Gasteiger partial charge in [-0.15, -0.1) is 0 Å². The Morgan fingerprint density at radius 3 is 2.71 bits per heavy atom. The molecule has 0 fully saturated rings. The molecule has 0 amide bonds. The van der Waals surface area contributed by atoms with Crippen molar-refractivity contribution in [2.45, 2.75) is 13.3 Å². The summed E-state index contributed by atoms with van der Waals surface area (Å²) in [5.41, 5.74) is 0.212. The molecule has 0 spiro atoms. The van der Waals surface area contributed by atoms with Gasteiger partial charge in [-0.2, -0.15) is 0 Å². The summed E-state index contributed by atoms with van der Waals surface area (Å²) in [6.45, 7) is 1.64. The van der Waals surface area contributed by atoms with Crippen molar-refractivity contribution in [3.8, 4) is 16.9 Å². The first kappa shape index (κ1) is 16.4. The first-order valence-corrected chi connectivity index (χ1v) is 7.66. The third kappa shape index (κ3) is 2.95. The van der Waals surface area contributed by atoms with E-state index in [1.807, 2.05) is 0 Å². The average molecular weight is 365 g/mol. The molecule has 24 heavy (non-hydrogen) atoms. The molecule has 0 unspecified atom stereocenters. The van der Waals surface area contributed by atoms with E-state index in [1.54, 1.807) is 6.92 Å². The molecule has 0 saturated heterocycles. The number of carbonyl (C=O) groups excluding carboxylic acids is 1. The SMILES string of the molecule is CCC(=O)Oc1c(-c2cnc(Cl)cc2Cl)c(=O)[nH]c2nccnc12. The van der Waals surface area contributed by atoms with Crippen LogP contribution in [-0.4, -0.2) is 25.9 Å². The van der Waals surface area contributed by atoms with Crippen molar-refractivity contribution in [1.82, 2.24) is 19.9 Å². The standard InChI is InChI=1S/C15H10Cl2N4O3/c1-2-10(22)24-13-11(7-6-20-9(17)5-8(7)16)15(23)21-14-12(13)18-3-4-19-14/h3-6H,2H2,1H3,(H,19,21,23). The number of rotatable bonds is 3. The number of ether oxygens (including phenoxy) is 1. The fourth-order valence-electron chi connectivity index (χ4n) is 2.11. The maximum absolute atomic E-state index is 12.5. The zero-order valence-corrected chi connectivity index (χ0v) is 13.9. The van der Waals surface area contributed by atoms with E-state index in [-0.39, 0.29) is 44.6 Å². The van der Waals surface area contributed by atoms with Crippen molar-refractivity contribution in [1.29, 1.82) is 0 Å². The molecule has 0 saturated carbocycles. The van der Waals surface area contributed by atoms with Crippen LogP contribution in [-0.2, 0) is 4.79 Å². The predicted octanol–water partition coefficient (Wildman–Crippen LogP) is 3.00. The van der Waals surface area contributed by atoms with Crippen LogP contribution in [0.15, 0.2) is 29.5 Å². The van der Waals surface area contributed by atoms with Crippen molar-refractivity contribution >= 4 is 40.3 Å². The normalized spacial score (nSPS) is 10.8. The van der Waals surface area contributed by atoms with Crippen molar-refractivity contribution in [2.75, 3.05) is 0 Å². The van der Waals surface area contributed by atoms with Gasteiger partial charge >= 0.3 is 5.97 Å². The fourth-order valence-corrected chi connectivity index (χ4v) is 2.57. The minimum absolute atomic E-state index is 0.0141. The molecule has 1 N–H and O–H groups in total. The molecule has 3 heterocycles. The first-order chi connectivity index (χ1) is 11.5. The van der Waals surface area contributed by atoms with Gasteiger partial charge in [-0.05, 0) is 6.07 Å². The highest BCUT2D eigenvalue weighted by Crippen LogP contribution is 2.35. The van der Waals surface area contributed by atoms with Gasteiger partial charge in [-0.25, -0.2) is 15.0 Å². The van der Waals surface area contributed by atoms with Gasteiger partial charge in [0.2, 0.25) is 0 Å². The number of H-pyrrole nitrogens is 1. The quantitative estimate of drug-likeness (QED) is 0.566. The van der Waals surface area contributed by atoms with E-state index in [4.69, 9.17) is 27.9 Å². The number of carbonyl (C=O) groups is 1. The van der Waals surface area contributed by atoms with Crippen LogP contribution in [0.1, 0.15) is 13.3 Å². The van der Waals surface area contributed by atoms with E-state index in [0.717, 1.165) is 0 Å². The summed E-state index contributed by atoms with van der Waals surface area (Å²) in [6.07, 6.45) is 4.30. The zero-order valence-electron chi connectivity index (χ0n) is 12.3. The summed E-state index contributed by atoms with van der Waals surface area (Å²) in [4.78, 5) is 39.0. The van der Waals surface area contributed by atoms with E-state index < -0.39 is 11.5 Å². The number of aromatic nitrogens is 4. The second-order valence-electron chi connectivity index (χ2n) is 4.73. The Balaban J connectivity index is 2.37. The van der Waals surface area contributed by atoms with E-state index >= 15 is 0 Å². The second-order valence-corrected chi connectivity index (χ2v) is 5.52. The van der Waals surface area contributed by atoms with E-state index in [0.29, 0.717) is 0 Å². The monoisotopic (exact) mass is 364 g/mol. The summed E-state index contributed by atoms with van der Waals surface area (Å²) in [5.74, 6) is -0.536. The third-order valence-corrected chi connectivity index (χ3v) is 3.71. The second kappa shape index (κ2) is 6.54. The van der Waals surface area contributed by atoms with Crippen molar-refractivity contribution < 1.29 is 9.53 Å². The van der Waals surface area contributed by atoms with Crippen LogP contribution in [0.4, 0.5) is 0 Å². The maximum Gasteiger partial charge on any atom is 0.310 e. The van der Waals surface area contributed by atoms with Crippen molar-refractivity contribution in [3.05, 3.63) is 45.2 Å². The summed E-state index contributed by atoms with van der Waals surface area (Å²) < 4.78 is 5.35. The molecular formula is C15H10Cl2N4O3. The fraction of sp³-hybridized carbons (Fsp3) is 0.133. The topological polar surface area (TPSA) is 97.8 Å². The average Bonchev–Trinajstić information content (AvgIpc) is 2.56. The van der Waals surface area contributed by atoms with Crippen LogP contribution in [0.2, 0.25) is 10.2 Å². The van der Waals surface area contributed by atoms with Gasteiger partial charge in [0.15, 0.2) is 11.4 Å².